The van der Waals surface area contributed by atoms with E-state index in [-0.39, 0.29) is 11.5 Å². The van der Waals surface area contributed by atoms with Crippen LogP contribution in [0.4, 0.5) is 5.82 Å². The van der Waals surface area contributed by atoms with Gasteiger partial charge in [0, 0.05) is 22.9 Å². The standard InChI is InChI=1S/C28H32N4O3/c1-6-17(2)23(27(34)35)30-26(33)21-13-14-32-22(16-21)29-24(25(32)31-28(3,4)5)20-12-11-18-9-7-8-10-19(18)15-20/h7-17,23,31H,6H2,1-5H3,(H,30,33)(H,34,35). The number of amides is 1. The van der Waals surface area contributed by atoms with Gasteiger partial charge in [-0.05, 0) is 55.7 Å². The van der Waals surface area contributed by atoms with E-state index in [1.807, 2.05) is 30.4 Å². The minimum Gasteiger partial charge on any atom is -0.480 e. The van der Waals surface area contributed by atoms with Crippen LogP contribution in [0.2, 0.25) is 0 Å². The Morgan fingerprint density at radius 2 is 1.77 bits per heavy atom. The zero-order valence-electron chi connectivity index (χ0n) is 20.8. The quantitative estimate of drug-likeness (QED) is 0.326. The Hall–Kier alpha value is -3.87. The van der Waals surface area contributed by atoms with Gasteiger partial charge in [0.25, 0.3) is 5.91 Å². The van der Waals surface area contributed by atoms with Crippen molar-refractivity contribution in [3.05, 3.63) is 66.4 Å². The first-order valence-corrected chi connectivity index (χ1v) is 11.9. The van der Waals surface area contributed by atoms with Gasteiger partial charge in [-0.1, -0.05) is 56.7 Å². The van der Waals surface area contributed by atoms with Crippen LogP contribution in [-0.2, 0) is 4.79 Å². The summed E-state index contributed by atoms with van der Waals surface area (Å²) >= 11 is 0. The number of fused-ring (bicyclic) bond motifs is 2. The first-order chi connectivity index (χ1) is 16.6. The molecule has 7 nitrogen and oxygen atoms in total. The van der Waals surface area contributed by atoms with Crippen LogP contribution in [0, 0.1) is 5.92 Å². The summed E-state index contributed by atoms with van der Waals surface area (Å²) in [6.45, 7) is 9.97. The zero-order chi connectivity index (χ0) is 25.3. The molecule has 0 spiro atoms. The molecule has 4 aromatic rings. The van der Waals surface area contributed by atoms with Gasteiger partial charge in [-0.15, -0.1) is 0 Å². The first-order valence-electron chi connectivity index (χ1n) is 11.9. The Morgan fingerprint density at radius 1 is 1.06 bits per heavy atom. The average molecular weight is 473 g/mol. The molecule has 0 aliphatic heterocycles. The number of aromatic nitrogens is 2. The molecule has 2 aromatic heterocycles. The van der Waals surface area contributed by atoms with Gasteiger partial charge in [-0.3, -0.25) is 9.20 Å². The molecule has 7 heteroatoms. The molecule has 3 N–H and O–H groups in total. The van der Waals surface area contributed by atoms with Crippen molar-refractivity contribution in [2.75, 3.05) is 5.32 Å². The number of nitrogens with one attached hydrogen (secondary N) is 2. The Labute approximate surface area is 205 Å². The fraction of sp³-hybridized carbons (Fsp3) is 0.321. The van der Waals surface area contributed by atoms with Crippen molar-refractivity contribution in [3.8, 4) is 11.3 Å². The molecular weight excluding hydrogens is 440 g/mol. The van der Waals surface area contributed by atoms with E-state index in [1.54, 1.807) is 18.3 Å². The number of carbonyl (C=O) groups excluding carboxylic acids is 1. The van der Waals surface area contributed by atoms with E-state index in [1.165, 1.54) is 0 Å². The monoisotopic (exact) mass is 472 g/mol. The number of carboxylic acids is 1. The molecule has 0 bridgehead atoms. The van der Waals surface area contributed by atoms with Crippen LogP contribution in [-0.4, -0.2) is 37.9 Å². The van der Waals surface area contributed by atoms with Crippen molar-refractivity contribution < 1.29 is 14.7 Å². The van der Waals surface area contributed by atoms with E-state index in [0.29, 0.717) is 17.6 Å². The van der Waals surface area contributed by atoms with Gasteiger partial charge in [-0.2, -0.15) is 0 Å². The highest BCUT2D eigenvalue weighted by Crippen LogP contribution is 2.33. The smallest absolute Gasteiger partial charge is 0.326 e. The Balaban J connectivity index is 1.78. The zero-order valence-corrected chi connectivity index (χ0v) is 20.8. The van der Waals surface area contributed by atoms with Crippen LogP contribution in [0.15, 0.2) is 60.8 Å². The minimum absolute atomic E-state index is 0.186. The number of nitrogens with zero attached hydrogens (tertiary/aromatic N) is 2. The van der Waals surface area contributed by atoms with E-state index < -0.39 is 17.9 Å². The summed E-state index contributed by atoms with van der Waals surface area (Å²) < 4.78 is 1.93. The van der Waals surface area contributed by atoms with Crippen molar-refractivity contribution in [2.45, 2.75) is 52.6 Å². The van der Waals surface area contributed by atoms with E-state index >= 15 is 0 Å². The number of aliphatic carboxylic acids is 1. The lowest BCUT2D eigenvalue weighted by Crippen LogP contribution is -2.45. The molecule has 0 aliphatic rings. The fourth-order valence-corrected chi connectivity index (χ4v) is 4.11. The third-order valence-electron chi connectivity index (χ3n) is 6.17. The van der Waals surface area contributed by atoms with Crippen molar-refractivity contribution >= 4 is 34.1 Å². The number of carboxylic acid groups (broad SMARTS) is 1. The molecule has 0 radical (unpaired) electrons. The van der Waals surface area contributed by atoms with E-state index in [0.717, 1.165) is 27.8 Å². The summed E-state index contributed by atoms with van der Waals surface area (Å²) in [5.74, 6) is -0.822. The Kier molecular flexibility index (Phi) is 6.52. The SMILES string of the molecule is CCC(C)C(NC(=O)c1ccn2c(NC(C)(C)C)c(-c3ccc4ccccc4c3)nc2c1)C(=O)O. The van der Waals surface area contributed by atoms with E-state index in [2.05, 4.69) is 61.7 Å². The largest absolute Gasteiger partial charge is 0.480 e. The number of imidazole rings is 1. The fourth-order valence-electron chi connectivity index (χ4n) is 4.11. The molecule has 2 aromatic carbocycles. The average Bonchev–Trinajstić information content (AvgIpc) is 3.17. The number of benzene rings is 2. The van der Waals surface area contributed by atoms with Crippen molar-refractivity contribution in [1.29, 1.82) is 0 Å². The van der Waals surface area contributed by atoms with E-state index in [9.17, 15) is 14.7 Å². The molecule has 182 valence electrons. The molecule has 0 saturated carbocycles. The van der Waals surface area contributed by atoms with Crippen LogP contribution in [0.1, 0.15) is 51.4 Å². The van der Waals surface area contributed by atoms with Gasteiger partial charge < -0.3 is 15.7 Å². The summed E-state index contributed by atoms with van der Waals surface area (Å²) in [4.78, 5) is 29.5. The highest BCUT2D eigenvalue weighted by molar-refractivity contribution is 5.98. The molecule has 0 saturated heterocycles. The number of hydrogen-bond donors (Lipinski definition) is 3. The third-order valence-corrected chi connectivity index (χ3v) is 6.17. The predicted molar refractivity (Wildman–Crippen MR) is 140 cm³/mol. The maximum absolute atomic E-state index is 12.9. The second-order valence-electron chi connectivity index (χ2n) is 10.1. The van der Waals surface area contributed by atoms with Gasteiger partial charge in [-0.25, -0.2) is 9.78 Å². The molecule has 0 fully saturated rings. The minimum atomic E-state index is -1.04. The molecule has 35 heavy (non-hydrogen) atoms. The Bertz CT molecular complexity index is 1400. The maximum atomic E-state index is 12.9. The molecule has 0 aliphatic carbocycles. The van der Waals surface area contributed by atoms with Crippen molar-refractivity contribution in [2.24, 2.45) is 5.92 Å². The normalized spacial score (nSPS) is 13.5. The summed E-state index contributed by atoms with van der Waals surface area (Å²) in [6.07, 6.45) is 2.45. The first kappa shape index (κ1) is 24.3. The summed E-state index contributed by atoms with van der Waals surface area (Å²) in [6, 6.07) is 16.9. The van der Waals surface area contributed by atoms with Gasteiger partial charge in [0.15, 0.2) is 0 Å². The van der Waals surface area contributed by atoms with Gasteiger partial charge in [0.1, 0.15) is 23.2 Å². The van der Waals surface area contributed by atoms with Crippen molar-refractivity contribution in [1.82, 2.24) is 14.7 Å². The van der Waals surface area contributed by atoms with Gasteiger partial charge in [0.05, 0.1) is 0 Å². The lowest BCUT2D eigenvalue weighted by molar-refractivity contribution is -0.140. The third kappa shape index (κ3) is 5.14. The van der Waals surface area contributed by atoms with Gasteiger partial charge >= 0.3 is 5.97 Å². The molecule has 2 heterocycles. The van der Waals surface area contributed by atoms with Crippen LogP contribution in [0.3, 0.4) is 0 Å². The number of hydrogen-bond acceptors (Lipinski definition) is 4. The lowest BCUT2D eigenvalue weighted by atomic mass is 9.99. The molecular formula is C28H32N4O3. The molecule has 1 amide bonds. The molecule has 2 unspecified atom stereocenters. The topological polar surface area (TPSA) is 95.7 Å². The number of carbonyl (C=O) groups is 2. The number of pyridine rings is 1. The molecule has 4 rings (SSSR count). The highest BCUT2D eigenvalue weighted by atomic mass is 16.4. The summed E-state index contributed by atoms with van der Waals surface area (Å²) in [5, 5.41) is 18.1. The molecule has 2 atom stereocenters. The highest BCUT2D eigenvalue weighted by Gasteiger charge is 2.26. The van der Waals surface area contributed by atoms with Gasteiger partial charge in [0.2, 0.25) is 0 Å². The maximum Gasteiger partial charge on any atom is 0.326 e. The van der Waals surface area contributed by atoms with E-state index in [4.69, 9.17) is 4.98 Å². The number of rotatable bonds is 7. The van der Waals surface area contributed by atoms with Crippen LogP contribution < -0.4 is 10.6 Å². The predicted octanol–water partition coefficient (Wildman–Crippen LogP) is 5.59. The second-order valence-corrected chi connectivity index (χ2v) is 10.1. The van der Waals surface area contributed by atoms with Crippen LogP contribution >= 0.6 is 0 Å². The van der Waals surface area contributed by atoms with Crippen molar-refractivity contribution in [3.63, 3.8) is 0 Å². The van der Waals surface area contributed by atoms with Crippen LogP contribution in [0.25, 0.3) is 27.7 Å². The number of anilines is 1. The second kappa shape index (κ2) is 9.41. The summed E-state index contributed by atoms with van der Waals surface area (Å²) in [7, 11) is 0. The lowest BCUT2D eigenvalue weighted by Gasteiger charge is -2.23. The van der Waals surface area contributed by atoms with Crippen LogP contribution in [0.5, 0.6) is 0 Å². The summed E-state index contributed by atoms with van der Waals surface area (Å²) in [5.41, 5.74) is 2.49. The Morgan fingerprint density at radius 3 is 2.43 bits per heavy atom.